The van der Waals surface area contributed by atoms with Gasteiger partial charge in [0.25, 0.3) is 0 Å². The van der Waals surface area contributed by atoms with Gasteiger partial charge in [-0.15, -0.1) is 0 Å². The van der Waals surface area contributed by atoms with Crippen LogP contribution in [0.1, 0.15) is 25.7 Å². The number of sulfonamides is 1. The highest BCUT2D eigenvalue weighted by Crippen LogP contribution is 2.19. The van der Waals surface area contributed by atoms with Gasteiger partial charge in [-0.3, -0.25) is 0 Å². The van der Waals surface area contributed by atoms with Crippen molar-refractivity contribution >= 4 is 26.0 Å². The summed E-state index contributed by atoms with van der Waals surface area (Å²) < 4.78 is 24.7. The number of halogens is 1. The van der Waals surface area contributed by atoms with Crippen LogP contribution in [0.2, 0.25) is 0 Å². The number of aliphatic hydroxyl groups is 1. The SMILES string of the molecule is O=S(=O)(CBr)N[C@H]1CCCC[C@@H]1O. The maximum Gasteiger partial charge on any atom is 0.221 e. The highest BCUT2D eigenvalue weighted by Gasteiger charge is 2.26. The minimum Gasteiger partial charge on any atom is -0.391 e. The summed E-state index contributed by atoms with van der Waals surface area (Å²) in [6.07, 6.45) is 2.85. The Balaban J connectivity index is 2.52. The summed E-state index contributed by atoms with van der Waals surface area (Å²) in [5.41, 5.74) is 0. The van der Waals surface area contributed by atoms with Gasteiger partial charge in [-0.2, -0.15) is 0 Å². The van der Waals surface area contributed by atoms with Gasteiger partial charge in [0.2, 0.25) is 10.0 Å². The van der Waals surface area contributed by atoms with E-state index in [0.29, 0.717) is 6.42 Å². The second-order valence-electron chi connectivity index (χ2n) is 3.30. The van der Waals surface area contributed by atoms with Gasteiger partial charge >= 0.3 is 0 Å². The molecule has 78 valence electrons. The fourth-order valence-electron chi connectivity index (χ4n) is 1.51. The third-order valence-electron chi connectivity index (χ3n) is 2.20. The quantitative estimate of drug-likeness (QED) is 0.738. The molecule has 2 atom stereocenters. The van der Waals surface area contributed by atoms with E-state index in [9.17, 15) is 13.5 Å². The molecule has 4 nitrogen and oxygen atoms in total. The summed E-state index contributed by atoms with van der Waals surface area (Å²) in [4.78, 5) is 0. The zero-order chi connectivity index (χ0) is 9.90. The van der Waals surface area contributed by atoms with Crippen molar-refractivity contribution in [2.24, 2.45) is 0 Å². The van der Waals surface area contributed by atoms with Crippen LogP contribution in [0.25, 0.3) is 0 Å². The van der Waals surface area contributed by atoms with Gasteiger partial charge in [0.05, 0.1) is 6.10 Å². The molecule has 0 amide bonds. The van der Waals surface area contributed by atoms with E-state index in [1.54, 1.807) is 0 Å². The van der Waals surface area contributed by atoms with E-state index in [4.69, 9.17) is 0 Å². The van der Waals surface area contributed by atoms with Crippen molar-refractivity contribution in [1.29, 1.82) is 0 Å². The summed E-state index contributed by atoms with van der Waals surface area (Å²) in [5, 5.41) is 9.49. The van der Waals surface area contributed by atoms with Gasteiger partial charge in [0, 0.05) is 6.04 Å². The van der Waals surface area contributed by atoms with Gasteiger partial charge in [-0.25, -0.2) is 13.1 Å². The van der Waals surface area contributed by atoms with Crippen LogP contribution in [-0.2, 0) is 10.0 Å². The summed E-state index contributed by atoms with van der Waals surface area (Å²) in [7, 11) is -3.25. The maximum absolute atomic E-state index is 11.1. The molecule has 13 heavy (non-hydrogen) atoms. The molecule has 0 heterocycles. The largest absolute Gasteiger partial charge is 0.391 e. The van der Waals surface area contributed by atoms with E-state index in [2.05, 4.69) is 20.7 Å². The van der Waals surface area contributed by atoms with Crippen molar-refractivity contribution in [2.75, 3.05) is 4.66 Å². The van der Waals surface area contributed by atoms with Crippen molar-refractivity contribution in [3.05, 3.63) is 0 Å². The number of hydrogen-bond donors (Lipinski definition) is 2. The topological polar surface area (TPSA) is 66.4 Å². The summed E-state index contributed by atoms with van der Waals surface area (Å²) >= 11 is 2.89. The molecule has 0 aliphatic heterocycles. The molecule has 0 radical (unpaired) electrons. The van der Waals surface area contributed by atoms with Crippen LogP contribution in [0.4, 0.5) is 0 Å². The van der Waals surface area contributed by atoms with Gasteiger partial charge in [-0.1, -0.05) is 28.8 Å². The molecular weight excluding hydrogens is 258 g/mol. The highest BCUT2D eigenvalue weighted by molar-refractivity contribution is 9.10. The molecule has 0 saturated heterocycles. The van der Waals surface area contributed by atoms with Crippen LogP contribution in [0.15, 0.2) is 0 Å². The van der Waals surface area contributed by atoms with Crippen LogP contribution in [0.3, 0.4) is 0 Å². The lowest BCUT2D eigenvalue weighted by Gasteiger charge is -2.27. The van der Waals surface area contributed by atoms with Crippen LogP contribution in [-0.4, -0.2) is 30.3 Å². The first-order valence-corrected chi connectivity index (χ1v) is 7.06. The third kappa shape index (κ3) is 3.53. The molecule has 0 aromatic heterocycles. The Hall–Kier alpha value is 0.350. The number of nitrogens with one attached hydrogen (secondary N) is 1. The Kier molecular flexibility index (Phi) is 4.15. The number of alkyl halides is 1. The summed E-state index contributed by atoms with van der Waals surface area (Å²) in [6.45, 7) is 0. The molecule has 0 spiro atoms. The lowest BCUT2D eigenvalue weighted by Crippen LogP contribution is -2.45. The van der Waals surface area contributed by atoms with E-state index in [1.807, 2.05) is 0 Å². The smallest absolute Gasteiger partial charge is 0.221 e. The Morgan fingerprint density at radius 1 is 1.38 bits per heavy atom. The van der Waals surface area contributed by atoms with Crippen molar-refractivity contribution in [3.8, 4) is 0 Å². The molecule has 0 aromatic carbocycles. The molecule has 0 unspecified atom stereocenters. The molecule has 0 aromatic rings. The highest BCUT2D eigenvalue weighted by atomic mass is 79.9. The zero-order valence-electron chi connectivity index (χ0n) is 7.24. The average molecular weight is 272 g/mol. The molecule has 6 heteroatoms. The molecule has 2 N–H and O–H groups in total. The Morgan fingerprint density at radius 3 is 2.54 bits per heavy atom. The number of rotatable bonds is 3. The molecule has 1 aliphatic carbocycles. The van der Waals surface area contributed by atoms with Gasteiger partial charge in [-0.05, 0) is 12.8 Å². The lowest BCUT2D eigenvalue weighted by atomic mass is 9.93. The first kappa shape index (κ1) is 11.4. The van der Waals surface area contributed by atoms with E-state index in [-0.39, 0.29) is 10.7 Å². The van der Waals surface area contributed by atoms with Crippen molar-refractivity contribution in [1.82, 2.24) is 4.72 Å². The molecule has 1 aliphatic rings. The normalized spacial score (nSPS) is 30.3. The van der Waals surface area contributed by atoms with Gasteiger partial charge in [0.15, 0.2) is 0 Å². The Bertz CT molecular complexity index is 254. The van der Waals surface area contributed by atoms with Crippen LogP contribution < -0.4 is 4.72 Å². The Labute approximate surface area is 86.9 Å². The van der Waals surface area contributed by atoms with Crippen molar-refractivity contribution < 1.29 is 13.5 Å². The lowest BCUT2D eigenvalue weighted by molar-refractivity contribution is 0.101. The van der Waals surface area contributed by atoms with E-state index in [0.717, 1.165) is 19.3 Å². The molecule has 1 rings (SSSR count). The average Bonchev–Trinajstić information content (AvgIpc) is 2.09. The second kappa shape index (κ2) is 4.72. The summed E-state index contributed by atoms with van der Waals surface area (Å²) in [5.74, 6) is 0. The third-order valence-corrected chi connectivity index (χ3v) is 4.96. The monoisotopic (exact) mass is 271 g/mol. The Morgan fingerprint density at radius 2 is 2.00 bits per heavy atom. The predicted octanol–water partition coefficient (Wildman–Crippen LogP) is 0.562. The van der Waals surface area contributed by atoms with Crippen molar-refractivity contribution in [2.45, 2.75) is 37.8 Å². The fraction of sp³-hybridized carbons (Fsp3) is 1.00. The fourth-order valence-corrected chi connectivity index (χ4v) is 2.71. The van der Waals surface area contributed by atoms with E-state index < -0.39 is 16.1 Å². The zero-order valence-corrected chi connectivity index (χ0v) is 9.64. The first-order valence-electron chi connectivity index (χ1n) is 4.29. The standard InChI is InChI=1S/C7H14BrNO3S/c8-5-13(11,12)9-6-3-1-2-4-7(6)10/h6-7,9-10H,1-5H2/t6-,7-/m0/s1. The van der Waals surface area contributed by atoms with Crippen LogP contribution >= 0.6 is 15.9 Å². The number of hydrogen-bond acceptors (Lipinski definition) is 3. The first-order chi connectivity index (χ1) is 6.05. The maximum atomic E-state index is 11.1. The van der Waals surface area contributed by atoms with Crippen LogP contribution in [0, 0.1) is 0 Å². The molecular formula is C7H14BrNO3S. The minimum atomic E-state index is -3.25. The number of aliphatic hydroxyl groups excluding tert-OH is 1. The van der Waals surface area contributed by atoms with Gasteiger partial charge < -0.3 is 5.11 Å². The minimum absolute atomic E-state index is 0.108. The molecule has 0 bridgehead atoms. The van der Waals surface area contributed by atoms with Crippen molar-refractivity contribution in [3.63, 3.8) is 0 Å². The van der Waals surface area contributed by atoms with Crippen LogP contribution in [0.5, 0.6) is 0 Å². The summed E-state index contributed by atoms with van der Waals surface area (Å²) in [6, 6.07) is -0.295. The molecule has 1 saturated carbocycles. The predicted molar refractivity (Wildman–Crippen MR) is 54.1 cm³/mol. The molecule has 1 fully saturated rings. The second-order valence-corrected chi connectivity index (χ2v) is 6.36. The van der Waals surface area contributed by atoms with Gasteiger partial charge in [0.1, 0.15) is 4.66 Å². The van der Waals surface area contributed by atoms with E-state index >= 15 is 0 Å². The van der Waals surface area contributed by atoms with E-state index in [1.165, 1.54) is 0 Å².